The van der Waals surface area contributed by atoms with Crippen LogP contribution in [0.5, 0.6) is 28.7 Å². The quantitative estimate of drug-likeness (QED) is 0.433. The van der Waals surface area contributed by atoms with Gasteiger partial charge in [0, 0.05) is 11.8 Å². The molecule has 5 rings (SSSR count). The number of hydrogen-bond donors (Lipinski definition) is 1. The minimum Gasteiger partial charge on any atom is -0.502 e. The lowest BCUT2D eigenvalue weighted by molar-refractivity contribution is -0.141. The van der Waals surface area contributed by atoms with Crippen LogP contribution in [0.1, 0.15) is 49.5 Å². The molecule has 0 aromatic heterocycles. The molecule has 2 aliphatic heterocycles. The highest BCUT2D eigenvalue weighted by atomic mass is 28.4. The molecule has 4 atom stereocenters. The summed E-state index contributed by atoms with van der Waals surface area (Å²) < 4.78 is 35.0. The van der Waals surface area contributed by atoms with Gasteiger partial charge in [0.1, 0.15) is 0 Å². The molecule has 0 saturated carbocycles. The molecule has 194 valence electrons. The summed E-state index contributed by atoms with van der Waals surface area (Å²) in [6.07, 6.45) is -0.330. The minimum absolute atomic E-state index is 0.0169. The molecular formula is C27H34O8Si. The van der Waals surface area contributed by atoms with Crippen LogP contribution in [0, 0.1) is 11.8 Å². The van der Waals surface area contributed by atoms with Gasteiger partial charge in [-0.25, -0.2) is 0 Å². The van der Waals surface area contributed by atoms with Crippen LogP contribution >= 0.6 is 0 Å². The van der Waals surface area contributed by atoms with Crippen molar-refractivity contribution >= 4 is 14.3 Å². The van der Waals surface area contributed by atoms with Gasteiger partial charge in [-0.3, -0.25) is 4.79 Å². The predicted octanol–water partition coefficient (Wildman–Crippen LogP) is 5.14. The average molecular weight is 515 g/mol. The van der Waals surface area contributed by atoms with E-state index in [4.69, 9.17) is 28.1 Å². The van der Waals surface area contributed by atoms with Crippen molar-refractivity contribution in [1.82, 2.24) is 0 Å². The highest BCUT2D eigenvalue weighted by molar-refractivity contribution is 6.74. The third kappa shape index (κ3) is 3.80. The SMILES string of the molecule is COc1cc([C@@H]2c3cc4c(cc3[C@@H](O[Si](C)(C)C(C)(C)C)[C@H]3COC(=O)[C@H]23)OCO4)cc(OC)c1O. The summed E-state index contributed by atoms with van der Waals surface area (Å²) in [5.41, 5.74) is 2.67. The Balaban J connectivity index is 1.73. The highest BCUT2D eigenvalue weighted by Crippen LogP contribution is 2.57. The first kappa shape index (κ1) is 24.8. The fourth-order valence-corrected chi connectivity index (χ4v) is 6.54. The van der Waals surface area contributed by atoms with Gasteiger partial charge in [0.05, 0.1) is 32.8 Å². The van der Waals surface area contributed by atoms with Crippen molar-refractivity contribution in [2.24, 2.45) is 11.8 Å². The van der Waals surface area contributed by atoms with Crippen molar-refractivity contribution in [3.8, 4) is 28.7 Å². The van der Waals surface area contributed by atoms with Gasteiger partial charge in [0.25, 0.3) is 0 Å². The molecule has 0 unspecified atom stereocenters. The first-order valence-corrected chi connectivity index (χ1v) is 15.1. The lowest BCUT2D eigenvalue weighted by Crippen LogP contribution is -2.46. The Labute approximate surface area is 212 Å². The number of carbonyl (C=O) groups excluding carboxylic acids is 1. The predicted molar refractivity (Wildman–Crippen MR) is 135 cm³/mol. The van der Waals surface area contributed by atoms with Gasteiger partial charge in [0.15, 0.2) is 31.3 Å². The number of aromatic hydroxyl groups is 1. The van der Waals surface area contributed by atoms with E-state index in [1.54, 1.807) is 12.1 Å². The molecule has 1 N–H and O–H groups in total. The molecule has 2 aromatic carbocycles. The summed E-state index contributed by atoms with van der Waals surface area (Å²) in [6.45, 7) is 11.5. The summed E-state index contributed by atoms with van der Waals surface area (Å²) in [6, 6.07) is 7.47. The maximum absolute atomic E-state index is 13.3. The molecule has 3 aliphatic rings. The zero-order valence-corrected chi connectivity index (χ0v) is 22.8. The molecule has 1 fully saturated rings. The molecule has 36 heavy (non-hydrogen) atoms. The van der Waals surface area contributed by atoms with Crippen LogP contribution in [0.2, 0.25) is 18.1 Å². The standard InChI is InChI=1S/C27H34O8Si/c1-27(2,3)36(6,7)35-25-16-11-19-18(33-13-34-19)10-15(16)22(23-17(25)12-32-26(23)29)14-8-20(30-4)24(28)21(9-14)31-5/h8-11,17,22-23,25,28H,12-13H2,1-7H3/t17-,22+,23-,25+/m0/s1. The fraction of sp³-hybridized carbons (Fsp3) is 0.519. The number of esters is 1. The van der Waals surface area contributed by atoms with E-state index in [0.717, 1.165) is 16.7 Å². The van der Waals surface area contributed by atoms with E-state index >= 15 is 0 Å². The van der Waals surface area contributed by atoms with Crippen molar-refractivity contribution in [3.63, 3.8) is 0 Å². The normalized spacial score (nSPS) is 24.7. The Bertz CT molecular complexity index is 1180. The minimum atomic E-state index is -2.22. The van der Waals surface area contributed by atoms with Gasteiger partial charge in [-0.15, -0.1) is 0 Å². The monoisotopic (exact) mass is 514 g/mol. The Morgan fingerprint density at radius 2 is 1.53 bits per heavy atom. The number of benzene rings is 2. The summed E-state index contributed by atoms with van der Waals surface area (Å²) in [4.78, 5) is 13.3. The van der Waals surface area contributed by atoms with E-state index in [2.05, 4.69) is 33.9 Å². The fourth-order valence-electron chi connectivity index (χ4n) is 5.25. The third-order valence-electron chi connectivity index (χ3n) is 8.21. The maximum atomic E-state index is 13.3. The summed E-state index contributed by atoms with van der Waals surface area (Å²) in [5.74, 6) is 0.453. The van der Waals surface area contributed by atoms with Gasteiger partial charge in [-0.2, -0.15) is 0 Å². The van der Waals surface area contributed by atoms with E-state index in [0.29, 0.717) is 11.5 Å². The molecule has 0 spiro atoms. The number of hydrogen-bond acceptors (Lipinski definition) is 8. The Kier molecular flexibility index (Phi) is 5.91. The first-order valence-electron chi connectivity index (χ1n) is 12.2. The van der Waals surface area contributed by atoms with Crippen LogP contribution < -0.4 is 18.9 Å². The second-order valence-corrected chi connectivity index (χ2v) is 16.0. The van der Waals surface area contributed by atoms with Crippen molar-refractivity contribution in [2.75, 3.05) is 27.6 Å². The molecule has 1 saturated heterocycles. The Morgan fingerprint density at radius 3 is 2.08 bits per heavy atom. The van der Waals surface area contributed by atoms with Gasteiger partial charge in [-0.1, -0.05) is 20.8 Å². The van der Waals surface area contributed by atoms with E-state index in [1.165, 1.54) is 14.2 Å². The zero-order chi connectivity index (χ0) is 26.0. The highest BCUT2D eigenvalue weighted by Gasteiger charge is 2.55. The Hall–Kier alpha value is -2.91. The molecule has 2 aromatic rings. The molecule has 2 heterocycles. The van der Waals surface area contributed by atoms with Gasteiger partial charge in [0.2, 0.25) is 12.5 Å². The van der Waals surface area contributed by atoms with Crippen LogP contribution in [0.4, 0.5) is 0 Å². The van der Waals surface area contributed by atoms with Gasteiger partial charge >= 0.3 is 5.97 Å². The first-order chi connectivity index (χ1) is 17.0. The van der Waals surface area contributed by atoms with Gasteiger partial charge in [-0.05, 0) is 59.1 Å². The van der Waals surface area contributed by atoms with Crippen LogP contribution in [0.3, 0.4) is 0 Å². The van der Waals surface area contributed by atoms with Crippen LogP contribution in [-0.4, -0.2) is 47.0 Å². The summed E-state index contributed by atoms with van der Waals surface area (Å²) in [7, 11) is 0.756. The van der Waals surface area contributed by atoms with Crippen LogP contribution in [0.15, 0.2) is 24.3 Å². The van der Waals surface area contributed by atoms with Gasteiger partial charge < -0.3 is 33.2 Å². The number of cyclic esters (lactones) is 1. The summed E-state index contributed by atoms with van der Waals surface area (Å²) in [5, 5.41) is 10.5. The maximum Gasteiger partial charge on any atom is 0.310 e. The van der Waals surface area contributed by atoms with Crippen molar-refractivity contribution < 1.29 is 38.0 Å². The lowest BCUT2D eigenvalue weighted by Gasteiger charge is -2.45. The Morgan fingerprint density at radius 1 is 0.944 bits per heavy atom. The number of methoxy groups -OCH3 is 2. The second kappa shape index (κ2) is 8.59. The largest absolute Gasteiger partial charge is 0.502 e. The molecule has 0 radical (unpaired) electrons. The van der Waals surface area contributed by atoms with E-state index in [9.17, 15) is 9.90 Å². The smallest absolute Gasteiger partial charge is 0.310 e. The molecule has 0 bridgehead atoms. The van der Waals surface area contributed by atoms with E-state index in [1.807, 2.05) is 12.1 Å². The number of rotatable bonds is 5. The zero-order valence-electron chi connectivity index (χ0n) is 21.8. The number of carbonyl (C=O) groups is 1. The number of phenols is 1. The molecule has 1 aliphatic carbocycles. The average Bonchev–Trinajstić information content (AvgIpc) is 3.44. The number of phenolic OH excluding ortho intramolecular Hbond substituents is 1. The van der Waals surface area contributed by atoms with Crippen molar-refractivity contribution in [1.29, 1.82) is 0 Å². The number of ether oxygens (including phenoxy) is 5. The molecule has 9 heteroatoms. The number of fused-ring (bicyclic) bond motifs is 3. The molecule has 8 nitrogen and oxygen atoms in total. The topological polar surface area (TPSA) is 92.7 Å². The van der Waals surface area contributed by atoms with E-state index < -0.39 is 14.2 Å². The lowest BCUT2D eigenvalue weighted by atomic mass is 9.66. The van der Waals surface area contributed by atoms with Crippen LogP contribution in [0.25, 0.3) is 0 Å². The molecular weight excluding hydrogens is 480 g/mol. The third-order valence-corrected chi connectivity index (χ3v) is 12.7. The van der Waals surface area contributed by atoms with E-state index in [-0.39, 0.29) is 59.6 Å². The van der Waals surface area contributed by atoms with Crippen molar-refractivity contribution in [2.45, 2.75) is 50.9 Å². The molecule has 0 amide bonds. The second-order valence-electron chi connectivity index (χ2n) is 11.2. The summed E-state index contributed by atoms with van der Waals surface area (Å²) >= 11 is 0. The van der Waals surface area contributed by atoms with Crippen molar-refractivity contribution in [3.05, 3.63) is 41.0 Å². The van der Waals surface area contributed by atoms with Crippen LogP contribution in [-0.2, 0) is 14.0 Å².